The molecule has 21 heavy (non-hydrogen) atoms. The van der Waals surface area contributed by atoms with Gasteiger partial charge >= 0.3 is 0 Å². The van der Waals surface area contributed by atoms with E-state index in [-0.39, 0.29) is 24.8 Å². The van der Waals surface area contributed by atoms with E-state index in [4.69, 9.17) is 0 Å². The van der Waals surface area contributed by atoms with Crippen molar-refractivity contribution in [3.63, 3.8) is 0 Å². The van der Waals surface area contributed by atoms with Crippen LogP contribution in [0, 0.1) is 5.92 Å². The van der Waals surface area contributed by atoms with Gasteiger partial charge in [0, 0.05) is 19.1 Å². The fourth-order valence-corrected chi connectivity index (χ4v) is 3.47. The maximum Gasteiger partial charge on any atom is 0.0227 e. The average molecular weight is 331 g/mol. The molecule has 0 saturated carbocycles. The van der Waals surface area contributed by atoms with E-state index in [1.54, 1.807) is 0 Å². The van der Waals surface area contributed by atoms with E-state index in [9.17, 15) is 0 Å². The smallest absolute Gasteiger partial charge is 0.0227 e. The Morgan fingerprint density at radius 2 is 1.71 bits per heavy atom. The highest BCUT2D eigenvalue weighted by Gasteiger charge is 2.33. The standard InChI is InChI=1S/C17H26N2.2ClH/c1-13(2)15-5-3-14(4-6-15)11-18-17-12-19-9-7-16(17)8-10-19;;/h3-6,13,16-18H,7-12H2,1-2H3;2*1H. The topological polar surface area (TPSA) is 15.3 Å². The summed E-state index contributed by atoms with van der Waals surface area (Å²) in [6, 6.07) is 9.83. The molecular formula is C17H28Cl2N2. The SMILES string of the molecule is CC(C)c1ccc(CNC2CN3CCC2CC3)cc1.Cl.Cl. The first kappa shape index (κ1) is 18.8. The lowest BCUT2D eigenvalue weighted by Crippen LogP contribution is -2.55. The van der Waals surface area contributed by atoms with Crippen LogP contribution in [0.25, 0.3) is 0 Å². The molecule has 3 fully saturated rings. The fourth-order valence-electron chi connectivity index (χ4n) is 3.47. The molecule has 0 radical (unpaired) electrons. The van der Waals surface area contributed by atoms with Gasteiger partial charge in [0.25, 0.3) is 0 Å². The van der Waals surface area contributed by atoms with Gasteiger partial charge in [-0.3, -0.25) is 0 Å². The molecule has 0 aromatic heterocycles. The third-order valence-electron chi connectivity index (χ3n) is 4.87. The number of nitrogens with zero attached hydrogens (tertiary/aromatic N) is 1. The molecule has 4 heteroatoms. The molecule has 1 aromatic rings. The van der Waals surface area contributed by atoms with Crippen LogP contribution in [0.4, 0.5) is 0 Å². The minimum absolute atomic E-state index is 0. The quantitative estimate of drug-likeness (QED) is 0.902. The third kappa shape index (κ3) is 4.59. The summed E-state index contributed by atoms with van der Waals surface area (Å²) >= 11 is 0. The maximum atomic E-state index is 3.78. The molecule has 0 amide bonds. The molecule has 1 unspecified atom stereocenters. The summed E-state index contributed by atoms with van der Waals surface area (Å²) in [5.74, 6) is 1.55. The van der Waals surface area contributed by atoms with E-state index in [1.165, 1.54) is 43.6 Å². The lowest BCUT2D eigenvalue weighted by Gasteiger charge is -2.45. The number of nitrogens with one attached hydrogen (secondary N) is 1. The molecule has 1 aromatic carbocycles. The second kappa shape index (κ2) is 8.38. The maximum absolute atomic E-state index is 3.78. The zero-order valence-electron chi connectivity index (χ0n) is 13.0. The van der Waals surface area contributed by atoms with Gasteiger partial charge in [-0.1, -0.05) is 38.1 Å². The third-order valence-corrected chi connectivity index (χ3v) is 4.87. The van der Waals surface area contributed by atoms with Gasteiger partial charge in [0.05, 0.1) is 0 Å². The van der Waals surface area contributed by atoms with Crippen LogP contribution in [0.5, 0.6) is 0 Å². The Hall–Kier alpha value is -0.280. The largest absolute Gasteiger partial charge is 0.308 e. The number of benzene rings is 1. The van der Waals surface area contributed by atoms with Gasteiger partial charge in [-0.2, -0.15) is 0 Å². The second-order valence-corrected chi connectivity index (χ2v) is 6.52. The molecule has 3 saturated heterocycles. The molecule has 3 heterocycles. The Balaban J connectivity index is 0.00000110. The zero-order valence-corrected chi connectivity index (χ0v) is 14.7. The molecule has 0 aliphatic carbocycles. The van der Waals surface area contributed by atoms with Gasteiger partial charge in [0.1, 0.15) is 0 Å². The Bertz CT molecular complexity index is 411. The molecule has 1 N–H and O–H groups in total. The second-order valence-electron chi connectivity index (χ2n) is 6.52. The molecule has 2 nitrogen and oxygen atoms in total. The fraction of sp³-hybridized carbons (Fsp3) is 0.647. The van der Waals surface area contributed by atoms with Gasteiger partial charge in [0.15, 0.2) is 0 Å². The number of piperidine rings is 3. The van der Waals surface area contributed by atoms with E-state index in [1.807, 2.05) is 0 Å². The van der Waals surface area contributed by atoms with Gasteiger partial charge in [-0.05, 0) is 48.9 Å². The van der Waals surface area contributed by atoms with Crippen LogP contribution in [0.2, 0.25) is 0 Å². The van der Waals surface area contributed by atoms with E-state index in [2.05, 4.69) is 48.3 Å². The van der Waals surface area contributed by atoms with Crippen LogP contribution in [0.1, 0.15) is 43.7 Å². The van der Waals surface area contributed by atoms with Crippen molar-refractivity contribution >= 4 is 24.8 Å². The van der Waals surface area contributed by atoms with Crippen molar-refractivity contribution in [3.05, 3.63) is 35.4 Å². The number of hydrogen-bond donors (Lipinski definition) is 1. The number of rotatable bonds is 4. The Morgan fingerprint density at radius 3 is 2.19 bits per heavy atom. The first-order valence-corrected chi connectivity index (χ1v) is 7.77. The summed E-state index contributed by atoms with van der Waals surface area (Å²) in [5, 5.41) is 3.78. The van der Waals surface area contributed by atoms with E-state index < -0.39 is 0 Å². The summed E-state index contributed by atoms with van der Waals surface area (Å²) < 4.78 is 0. The van der Waals surface area contributed by atoms with Gasteiger partial charge < -0.3 is 10.2 Å². The van der Waals surface area contributed by atoms with Crippen molar-refractivity contribution in [1.29, 1.82) is 0 Å². The van der Waals surface area contributed by atoms with Gasteiger partial charge in [0.2, 0.25) is 0 Å². The minimum Gasteiger partial charge on any atom is -0.308 e. The summed E-state index contributed by atoms with van der Waals surface area (Å²) in [6.07, 6.45) is 2.79. The minimum atomic E-state index is 0. The number of hydrogen-bond acceptors (Lipinski definition) is 2. The molecule has 3 aliphatic rings. The van der Waals surface area contributed by atoms with Crippen molar-refractivity contribution < 1.29 is 0 Å². The van der Waals surface area contributed by atoms with Crippen LogP contribution in [0.3, 0.4) is 0 Å². The average Bonchev–Trinajstić information content (AvgIpc) is 2.47. The summed E-state index contributed by atoms with van der Waals surface area (Å²) in [4.78, 5) is 2.61. The summed E-state index contributed by atoms with van der Waals surface area (Å²) in [6.45, 7) is 9.43. The highest BCUT2D eigenvalue weighted by atomic mass is 35.5. The molecular weight excluding hydrogens is 303 g/mol. The highest BCUT2D eigenvalue weighted by Crippen LogP contribution is 2.27. The summed E-state index contributed by atoms with van der Waals surface area (Å²) in [5.41, 5.74) is 2.85. The van der Waals surface area contributed by atoms with Gasteiger partial charge in [-0.15, -0.1) is 24.8 Å². The first-order valence-electron chi connectivity index (χ1n) is 7.77. The summed E-state index contributed by atoms with van der Waals surface area (Å²) in [7, 11) is 0. The monoisotopic (exact) mass is 330 g/mol. The van der Waals surface area contributed by atoms with Crippen LogP contribution in [-0.2, 0) is 6.54 Å². The lowest BCUT2D eigenvalue weighted by molar-refractivity contribution is 0.0720. The van der Waals surface area contributed by atoms with Crippen molar-refractivity contribution in [2.75, 3.05) is 19.6 Å². The predicted molar refractivity (Wildman–Crippen MR) is 94.8 cm³/mol. The van der Waals surface area contributed by atoms with Gasteiger partial charge in [-0.25, -0.2) is 0 Å². The van der Waals surface area contributed by atoms with Crippen LogP contribution < -0.4 is 5.32 Å². The van der Waals surface area contributed by atoms with Crippen LogP contribution in [-0.4, -0.2) is 30.6 Å². The Morgan fingerprint density at radius 1 is 1.10 bits per heavy atom. The van der Waals surface area contributed by atoms with Crippen molar-refractivity contribution in [2.45, 2.75) is 45.2 Å². The number of halogens is 2. The van der Waals surface area contributed by atoms with E-state index >= 15 is 0 Å². The van der Waals surface area contributed by atoms with Crippen molar-refractivity contribution in [3.8, 4) is 0 Å². The normalized spacial score (nSPS) is 27.1. The van der Waals surface area contributed by atoms with Crippen molar-refractivity contribution in [2.24, 2.45) is 5.92 Å². The Labute approximate surface area is 141 Å². The number of fused-ring (bicyclic) bond motifs is 3. The predicted octanol–water partition coefficient (Wildman–Crippen LogP) is 3.84. The molecule has 2 bridgehead atoms. The van der Waals surface area contributed by atoms with E-state index in [0.29, 0.717) is 12.0 Å². The van der Waals surface area contributed by atoms with Crippen LogP contribution >= 0.6 is 24.8 Å². The molecule has 3 aliphatic heterocycles. The Kier molecular flexibility index (Phi) is 7.49. The van der Waals surface area contributed by atoms with E-state index in [0.717, 1.165) is 12.5 Å². The lowest BCUT2D eigenvalue weighted by atomic mass is 9.84. The molecule has 120 valence electrons. The van der Waals surface area contributed by atoms with Crippen molar-refractivity contribution in [1.82, 2.24) is 10.2 Å². The molecule has 4 rings (SSSR count). The first-order chi connectivity index (χ1) is 9.22. The highest BCUT2D eigenvalue weighted by molar-refractivity contribution is 5.85. The molecule has 0 spiro atoms. The zero-order chi connectivity index (χ0) is 13.2. The molecule has 1 atom stereocenters. The van der Waals surface area contributed by atoms with Crippen LogP contribution in [0.15, 0.2) is 24.3 Å².